The number of fused-ring (bicyclic) bond motifs is 1. The molecule has 1 heterocycles. The first kappa shape index (κ1) is 11.3. The first-order valence-electron chi connectivity index (χ1n) is 5.70. The summed E-state index contributed by atoms with van der Waals surface area (Å²) in [7, 11) is 0. The second-order valence-corrected chi connectivity index (χ2v) is 4.19. The highest BCUT2D eigenvalue weighted by Crippen LogP contribution is 2.31. The van der Waals surface area contributed by atoms with Gasteiger partial charge in [-0.3, -0.25) is 0 Å². The standard InChI is InChI=1S/C15H10O4/c16-10-6-13(17)12-8-11(9-4-2-1-3-5-9)15(18)19-14(12)7-10/h1-8,16-17H. The van der Waals surface area contributed by atoms with Crippen molar-refractivity contribution in [3.63, 3.8) is 0 Å². The average Bonchev–Trinajstić information content (AvgIpc) is 2.38. The van der Waals surface area contributed by atoms with Gasteiger partial charge in [0.25, 0.3) is 0 Å². The van der Waals surface area contributed by atoms with E-state index in [1.54, 1.807) is 18.2 Å². The van der Waals surface area contributed by atoms with E-state index in [9.17, 15) is 15.0 Å². The molecule has 0 unspecified atom stereocenters. The molecule has 0 bridgehead atoms. The van der Waals surface area contributed by atoms with E-state index in [2.05, 4.69) is 0 Å². The molecule has 0 saturated carbocycles. The Hall–Kier alpha value is -2.75. The van der Waals surface area contributed by atoms with Crippen molar-refractivity contribution in [2.24, 2.45) is 0 Å². The number of hydrogen-bond donors (Lipinski definition) is 2. The Balaban J connectivity index is 2.34. The molecule has 2 N–H and O–H groups in total. The minimum atomic E-state index is -0.510. The van der Waals surface area contributed by atoms with Crippen molar-refractivity contribution in [1.29, 1.82) is 0 Å². The van der Waals surface area contributed by atoms with Crippen molar-refractivity contribution < 1.29 is 14.6 Å². The molecule has 0 radical (unpaired) electrons. The fraction of sp³-hybridized carbons (Fsp3) is 0. The third kappa shape index (κ3) is 1.93. The Bertz CT molecular complexity index is 803. The molecule has 4 heteroatoms. The summed E-state index contributed by atoms with van der Waals surface area (Å²) in [6.45, 7) is 0. The molecule has 0 fully saturated rings. The van der Waals surface area contributed by atoms with E-state index in [0.717, 1.165) is 0 Å². The molecular weight excluding hydrogens is 244 g/mol. The van der Waals surface area contributed by atoms with Gasteiger partial charge in [0, 0.05) is 12.1 Å². The number of benzene rings is 2. The van der Waals surface area contributed by atoms with Crippen molar-refractivity contribution in [3.05, 3.63) is 59.0 Å². The molecule has 3 aromatic rings. The van der Waals surface area contributed by atoms with E-state index < -0.39 is 5.63 Å². The zero-order valence-corrected chi connectivity index (χ0v) is 9.83. The zero-order chi connectivity index (χ0) is 13.4. The Morgan fingerprint density at radius 1 is 0.947 bits per heavy atom. The maximum absolute atomic E-state index is 11.9. The van der Waals surface area contributed by atoms with Crippen molar-refractivity contribution in [1.82, 2.24) is 0 Å². The monoisotopic (exact) mass is 254 g/mol. The van der Waals surface area contributed by atoms with Crippen LogP contribution < -0.4 is 5.63 Å². The number of phenolic OH excluding ortho intramolecular Hbond substituents is 2. The van der Waals surface area contributed by atoms with Crippen LogP contribution in [0.5, 0.6) is 11.5 Å². The van der Waals surface area contributed by atoms with Crippen LogP contribution in [0.25, 0.3) is 22.1 Å². The van der Waals surface area contributed by atoms with Gasteiger partial charge in [0.05, 0.1) is 10.9 Å². The van der Waals surface area contributed by atoms with E-state index in [1.165, 1.54) is 12.1 Å². The summed E-state index contributed by atoms with van der Waals surface area (Å²) in [6, 6.07) is 13.1. The van der Waals surface area contributed by atoms with Crippen LogP contribution in [-0.2, 0) is 0 Å². The van der Waals surface area contributed by atoms with Crippen LogP contribution in [0.15, 0.2) is 57.7 Å². The normalized spacial score (nSPS) is 10.7. The Morgan fingerprint density at radius 3 is 2.42 bits per heavy atom. The molecule has 4 nitrogen and oxygen atoms in total. The van der Waals surface area contributed by atoms with Gasteiger partial charge in [-0.15, -0.1) is 0 Å². The zero-order valence-electron chi connectivity index (χ0n) is 9.83. The van der Waals surface area contributed by atoms with E-state index >= 15 is 0 Å². The van der Waals surface area contributed by atoms with Crippen molar-refractivity contribution in [3.8, 4) is 22.6 Å². The fourth-order valence-corrected chi connectivity index (χ4v) is 2.00. The van der Waals surface area contributed by atoms with Gasteiger partial charge < -0.3 is 14.6 Å². The molecule has 0 aliphatic carbocycles. The molecule has 0 atom stereocenters. The van der Waals surface area contributed by atoms with Crippen molar-refractivity contribution in [2.45, 2.75) is 0 Å². The topological polar surface area (TPSA) is 70.7 Å². The van der Waals surface area contributed by atoms with Gasteiger partial charge in [-0.05, 0) is 11.6 Å². The second kappa shape index (κ2) is 4.17. The summed E-state index contributed by atoms with van der Waals surface area (Å²) in [5.74, 6) is -0.281. The van der Waals surface area contributed by atoms with E-state index in [0.29, 0.717) is 16.5 Å². The van der Waals surface area contributed by atoms with Crippen LogP contribution in [0.3, 0.4) is 0 Å². The van der Waals surface area contributed by atoms with Gasteiger partial charge in [-0.25, -0.2) is 4.79 Å². The third-order valence-corrected chi connectivity index (χ3v) is 2.90. The highest BCUT2D eigenvalue weighted by molar-refractivity contribution is 5.88. The lowest BCUT2D eigenvalue weighted by molar-refractivity contribution is 0.451. The van der Waals surface area contributed by atoms with Crippen molar-refractivity contribution >= 4 is 11.0 Å². The first-order chi connectivity index (χ1) is 9.15. The highest BCUT2D eigenvalue weighted by atomic mass is 16.4. The number of phenols is 2. The SMILES string of the molecule is O=c1oc2cc(O)cc(O)c2cc1-c1ccccc1. The number of rotatable bonds is 1. The van der Waals surface area contributed by atoms with Gasteiger partial charge >= 0.3 is 5.63 Å². The van der Waals surface area contributed by atoms with E-state index in [1.807, 2.05) is 18.2 Å². The predicted octanol–water partition coefficient (Wildman–Crippen LogP) is 2.87. The van der Waals surface area contributed by atoms with Gasteiger partial charge in [0.1, 0.15) is 17.1 Å². The predicted molar refractivity (Wildman–Crippen MR) is 71.2 cm³/mol. The molecule has 3 rings (SSSR count). The number of hydrogen-bond acceptors (Lipinski definition) is 4. The molecule has 0 aliphatic heterocycles. The maximum atomic E-state index is 11.9. The van der Waals surface area contributed by atoms with Gasteiger partial charge in [0.2, 0.25) is 0 Å². The van der Waals surface area contributed by atoms with Crippen molar-refractivity contribution in [2.75, 3.05) is 0 Å². The number of aromatic hydroxyl groups is 2. The molecule has 94 valence electrons. The fourth-order valence-electron chi connectivity index (χ4n) is 2.00. The summed E-state index contributed by atoms with van der Waals surface area (Å²) >= 11 is 0. The molecule has 19 heavy (non-hydrogen) atoms. The minimum absolute atomic E-state index is 0.129. The largest absolute Gasteiger partial charge is 0.508 e. The van der Waals surface area contributed by atoms with Crippen LogP contribution in [0.4, 0.5) is 0 Å². The Morgan fingerprint density at radius 2 is 1.68 bits per heavy atom. The second-order valence-electron chi connectivity index (χ2n) is 4.19. The smallest absolute Gasteiger partial charge is 0.344 e. The lowest BCUT2D eigenvalue weighted by Gasteiger charge is -2.04. The molecule has 2 aromatic carbocycles. The van der Waals surface area contributed by atoms with Crippen LogP contribution >= 0.6 is 0 Å². The lowest BCUT2D eigenvalue weighted by atomic mass is 10.1. The van der Waals surface area contributed by atoms with Crippen LogP contribution in [0.2, 0.25) is 0 Å². The summed E-state index contributed by atoms with van der Waals surface area (Å²) in [6.07, 6.45) is 0. The van der Waals surface area contributed by atoms with Gasteiger partial charge in [0.15, 0.2) is 0 Å². The van der Waals surface area contributed by atoms with E-state index in [4.69, 9.17) is 4.42 Å². The lowest BCUT2D eigenvalue weighted by Crippen LogP contribution is -2.02. The summed E-state index contributed by atoms with van der Waals surface area (Å²) in [5, 5.41) is 19.5. The van der Waals surface area contributed by atoms with Gasteiger partial charge in [-0.1, -0.05) is 30.3 Å². The first-order valence-corrected chi connectivity index (χ1v) is 5.70. The van der Waals surface area contributed by atoms with Crippen LogP contribution in [0, 0.1) is 0 Å². The Labute approximate surface area is 108 Å². The summed E-state index contributed by atoms with van der Waals surface area (Å²) in [4.78, 5) is 11.9. The molecular formula is C15H10O4. The third-order valence-electron chi connectivity index (χ3n) is 2.90. The Kier molecular flexibility index (Phi) is 2.49. The minimum Gasteiger partial charge on any atom is -0.508 e. The average molecular weight is 254 g/mol. The van der Waals surface area contributed by atoms with Gasteiger partial charge in [-0.2, -0.15) is 0 Å². The van der Waals surface area contributed by atoms with E-state index in [-0.39, 0.29) is 17.1 Å². The summed E-state index contributed by atoms with van der Waals surface area (Å²) < 4.78 is 5.13. The quantitative estimate of drug-likeness (QED) is 0.655. The molecule has 0 spiro atoms. The maximum Gasteiger partial charge on any atom is 0.344 e. The van der Waals surface area contributed by atoms with Crippen LogP contribution in [-0.4, -0.2) is 10.2 Å². The molecule has 0 aliphatic rings. The summed E-state index contributed by atoms with van der Waals surface area (Å²) in [5.41, 5.74) is 0.727. The highest BCUT2D eigenvalue weighted by Gasteiger charge is 2.11. The molecule has 0 saturated heterocycles. The molecule has 1 aromatic heterocycles. The molecule has 0 amide bonds. The van der Waals surface area contributed by atoms with Crippen LogP contribution in [0.1, 0.15) is 0 Å².